The second-order valence-corrected chi connectivity index (χ2v) is 13.4. The van der Waals surface area contributed by atoms with Crippen LogP contribution in [-0.4, -0.2) is 19.6 Å². The zero-order valence-electron chi connectivity index (χ0n) is 26.6. The Balaban J connectivity index is 3.60. The van der Waals surface area contributed by atoms with Gasteiger partial charge in [-0.3, -0.25) is 4.55 Å². The quantitative estimate of drug-likeness (QED) is 0.0625. The van der Waals surface area contributed by atoms with Gasteiger partial charge in [0.15, 0.2) is 0 Å². The first-order valence-electron chi connectivity index (χ1n) is 17.6. The maximum atomic E-state index is 11.0. The van der Waals surface area contributed by atoms with E-state index in [9.17, 15) is 8.42 Å². The van der Waals surface area contributed by atoms with Crippen molar-refractivity contribution in [1.29, 1.82) is 0 Å². The Morgan fingerprint density at radius 2 is 0.667 bits per heavy atom. The first-order valence-corrected chi connectivity index (χ1v) is 19.0. The summed E-state index contributed by atoms with van der Waals surface area (Å²) in [6.07, 6.45) is 39.9. The Morgan fingerprint density at radius 3 is 0.897 bits per heavy atom. The highest BCUT2D eigenvalue weighted by Crippen LogP contribution is 2.21. The summed E-state index contributed by atoms with van der Waals surface area (Å²) in [5.74, 6) is 0.238. The minimum absolute atomic E-state index is 0.134. The van der Waals surface area contributed by atoms with Crippen molar-refractivity contribution in [2.24, 2.45) is 5.92 Å². The van der Waals surface area contributed by atoms with Crippen LogP contribution >= 0.6 is 0 Å². The second kappa shape index (κ2) is 30.8. The third-order valence-electron chi connectivity index (χ3n) is 8.38. The molecule has 0 aromatic carbocycles. The van der Waals surface area contributed by atoms with E-state index in [4.69, 9.17) is 8.74 Å². The highest BCUT2D eigenvalue weighted by Gasteiger charge is 2.13. The minimum Gasteiger partial charge on any atom is -0.264 e. The van der Waals surface area contributed by atoms with Gasteiger partial charge in [0.25, 0.3) is 0 Å². The molecule has 0 saturated carbocycles. The molecule has 4 nitrogen and oxygen atoms in total. The van der Waals surface area contributed by atoms with Crippen LogP contribution in [0, 0.1) is 5.92 Å². The van der Waals surface area contributed by atoms with Gasteiger partial charge >= 0.3 is 10.4 Å². The van der Waals surface area contributed by atoms with E-state index >= 15 is 0 Å². The predicted molar refractivity (Wildman–Crippen MR) is 171 cm³/mol. The number of unbranched alkanes of at least 4 members (excludes halogenated alkanes) is 26. The van der Waals surface area contributed by atoms with E-state index in [1.165, 1.54) is 167 Å². The van der Waals surface area contributed by atoms with Crippen LogP contribution in [-0.2, 0) is 14.6 Å². The Morgan fingerprint density at radius 1 is 0.436 bits per heavy atom. The number of rotatable bonds is 33. The van der Waals surface area contributed by atoms with Crippen LogP contribution in [0.2, 0.25) is 0 Å². The molecule has 0 aromatic heterocycles. The molecule has 0 saturated heterocycles. The molecule has 1 unspecified atom stereocenters. The lowest BCUT2D eigenvalue weighted by molar-refractivity contribution is 0.204. The van der Waals surface area contributed by atoms with Crippen LogP contribution < -0.4 is 0 Å². The predicted octanol–water partition coefficient (Wildman–Crippen LogP) is 12.2. The molecule has 0 aliphatic carbocycles. The Hall–Kier alpha value is -0.130. The smallest absolute Gasteiger partial charge is 0.264 e. The molecule has 0 heterocycles. The van der Waals surface area contributed by atoms with Crippen LogP contribution in [0.5, 0.6) is 0 Å². The third-order valence-corrected chi connectivity index (χ3v) is 8.82. The van der Waals surface area contributed by atoms with Crippen molar-refractivity contribution in [2.75, 3.05) is 6.61 Å². The number of hydrogen-bond donors (Lipinski definition) is 1. The average Bonchev–Trinajstić information content (AvgIpc) is 2.91. The van der Waals surface area contributed by atoms with Crippen LogP contribution in [0.25, 0.3) is 0 Å². The van der Waals surface area contributed by atoms with Gasteiger partial charge in [-0.1, -0.05) is 194 Å². The van der Waals surface area contributed by atoms with Gasteiger partial charge in [0.1, 0.15) is 0 Å². The maximum absolute atomic E-state index is 11.0. The molecule has 5 heteroatoms. The summed E-state index contributed by atoms with van der Waals surface area (Å²) in [7, 11) is -4.33. The van der Waals surface area contributed by atoms with Gasteiger partial charge in [-0.2, -0.15) is 8.42 Å². The van der Waals surface area contributed by atoms with Crippen molar-refractivity contribution in [2.45, 2.75) is 206 Å². The van der Waals surface area contributed by atoms with Gasteiger partial charge in [-0.05, 0) is 18.8 Å². The van der Waals surface area contributed by atoms with Crippen molar-refractivity contribution >= 4 is 10.4 Å². The average molecular weight is 575 g/mol. The maximum Gasteiger partial charge on any atom is 0.397 e. The van der Waals surface area contributed by atoms with E-state index in [0.717, 1.165) is 25.7 Å². The summed E-state index contributed by atoms with van der Waals surface area (Å²) >= 11 is 0. The lowest BCUT2D eigenvalue weighted by atomic mass is 9.94. The Kier molecular flexibility index (Phi) is 30.7. The van der Waals surface area contributed by atoms with Crippen LogP contribution in [0.3, 0.4) is 0 Å². The molecular formula is C34H70O4S. The molecule has 0 bridgehead atoms. The van der Waals surface area contributed by atoms with Crippen molar-refractivity contribution in [3.05, 3.63) is 0 Å². The fourth-order valence-corrected chi connectivity index (χ4v) is 6.11. The standard InChI is InChI=1S/C34H70O4S/c1-3-5-7-9-11-13-14-15-16-17-18-19-20-21-22-24-26-28-30-32-34(33-38-39(35,36)37)31-29-27-25-23-12-10-8-6-4-2/h34H,3-33H2,1-2H3,(H,35,36,37). The lowest BCUT2D eigenvalue weighted by Crippen LogP contribution is -2.14. The molecule has 236 valence electrons. The van der Waals surface area contributed by atoms with Crippen molar-refractivity contribution in [3.63, 3.8) is 0 Å². The molecule has 0 aliphatic heterocycles. The lowest BCUT2D eigenvalue weighted by Gasteiger charge is -2.16. The number of hydrogen-bond acceptors (Lipinski definition) is 3. The summed E-state index contributed by atoms with van der Waals surface area (Å²) in [6.45, 7) is 4.67. The van der Waals surface area contributed by atoms with Gasteiger partial charge in [0, 0.05) is 0 Å². The molecule has 39 heavy (non-hydrogen) atoms. The third kappa shape index (κ3) is 34.0. The molecule has 0 aromatic rings. The van der Waals surface area contributed by atoms with Gasteiger partial charge in [0.05, 0.1) is 6.61 Å². The van der Waals surface area contributed by atoms with Crippen LogP contribution in [0.15, 0.2) is 0 Å². The first-order chi connectivity index (χ1) is 19.0. The van der Waals surface area contributed by atoms with Crippen LogP contribution in [0.1, 0.15) is 206 Å². The summed E-state index contributed by atoms with van der Waals surface area (Å²) < 4.78 is 35.8. The van der Waals surface area contributed by atoms with Gasteiger partial charge in [-0.15, -0.1) is 0 Å². The van der Waals surface area contributed by atoms with Gasteiger partial charge < -0.3 is 0 Å². The largest absolute Gasteiger partial charge is 0.397 e. The minimum atomic E-state index is -4.33. The molecule has 0 spiro atoms. The molecule has 1 atom stereocenters. The van der Waals surface area contributed by atoms with Gasteiger partial charge in [0.2, 0.25) is 0 Å². The summed E-state index contributed by atoms with van der Waals surface area (Å²) in [5.41, 5.74) is 0. The normalized spacial score (nSPS) is 12.8. The summed E-state index contributed by atoms with van der Waals surface area (Å²) in [4.78, 5) is 0. The van der Waals surface area contributed by atoms with Crippen molar-refractivity contribution in [3.8, 4) is 0 Å². The van der Waals surface area contributed by atoms with E-state index in [1.54, 1.807) is 0 Å². The molecule has 0 fully saturated rings. The zero-order chi connectivity index (χ0) is 28.7. The highest BCUT2D eigenvalue weighted by atomic mass is 32.3. The summed E-state index contributed by atoms with van der Waals surface area (Å²) in [5, 5.41) is 0. The molecular weight excluding hydrogens is 504 g/mol. The Bertz CT molecular complexity index is 564. The fraction of sp³-hybridized carbons (Fsp3) is 1.00. The first kappa shape index (κ1) is 38.9. The van der Waals surface area contributed by atoms with Crippen molar-refractivity contribution in [1.82, 2.24) is 0 Å². The molecule has 0 radical (unpaired) electrons. The van der Waals surface area contributed by atoms with E-state index in [2.05, 4.69) is 13.8 Å². The molecule has 1 N–H and O–H groups in total. The topological polar surface area (TPSA) is 63.6 Å². The van der Waals surface area contributed by atoms with E-state index in [1.807, 2.05) is 0 Å². The highest BCUT2D eigenvalue weighted by molar-refractivity contribution is 7.80. The van der Waals surface area contributed by atoms with E-state index < -0.39 is 10.4 Å². The molecule has 0 rings (SSSR count). The van der Waals surface area contributed by atoms with E-state index in [-0.39, 0.29) is 12.5 Å². The van der Waals surface area contributed by atoms with Crippen molar-refractivity contribution < 1.29 is 17.2 Å². The van der Waals surface area contributed by atoms with E-state index in [0.29, 0.717) is 0 Å². The monoisotopic (exact) mass is 574 g/mol. The Labute approximate surface area is 246 Å². The molecule has 0 aliphatic rings. The zero-order valence-corrected chi connectivity index (χ0v) is 27.4. The second-order valence-electron chi connectivity index (χ2n) is 12.3. The molecule has 0 amide bonds. The van der Waals surface area contributed by atoms with Gasteiger partial charge in [-0.25, -0.2) is 4.18 Å². The van der Waals surface area contributed by atoms with Crippen LogP contribution in [0.4, 0.5) is 0 Å². The fourth-order valence-electron chi connectivity index (χ4n) is 5.75. The SMILES string of the molecule is CCCCCCCCCCCCCCCCCCCCCC(CCCCCCCCCCC)COS(=O)(=O)O. The summed E-state index contributed by atoms with van der Waals surface area (Å²) in [6, 6.07) is 0.